The van der Waals surface area contributed by atoms with Gasteiger partial charge in [-0.05, 0) is 35.4 Å². The largest absolute Gasteiger partial charge is 0.493 e. The molecule has 3 N–H and O–H groups in total. The van der Waals surface area contributed by atoms with Crippen LogP contribution < -0.4 is 20.1 Å². The Balaban J connectivity index is 1.75. The minimum Gasteiger partial charge on any atom is -0.493 e. The van der Waals surface area contributed by atoms with Crippen LogP contribution in [0.3, 0.4) is 0 Å². The molecule has 0 bridgehead atoms. The molecule has 7 nitrogen and oxygen atoms in total. The lowest BCUT2D eigenvalue weighted by Crippen LogP contribution is -2.43. The highest BCUT2D eigenvalue weighted by Crippen LogP contribution is 2.40. The van der Waals surface area contributed by atoms with Crippen molar-refractivity contribution >= 4 is 28.3 Å². The number of aromatic nitrogens is 2. The first-order chi connectivity index (χ1) is 15.7. The Kier molecular flexibility index (Phi) is 4.99. The molecule has 1 aliphatic heterocycles. The van der Waals surface area contributed by atoms with Crippen LogP contribution in [0.4, 0.5) is 4.79 Å². The second-order valence-corrected chi connectivity index (χ2v) is 7.40. The van der Waals surface area contributed by atoms with Gasteiger partial charge in [-0.15, -0.1) is 0 Å². The Hall–Kier alpha value is -4.26. The number of para-hydroxylation sites is 2. The molecule has 0 aliphatic carbocycles. The van der Waals surface area contributed by atoms with E-state index in [9.17, 15) is 4.79 Å². The molecule has 160 valence electrons. The van der Waals surface area contributed by atoms with Crippen LogP contribution in [0.15, 0.2) is 72.8 Å². The molecule has 4 aromatic rings. The van der Waals surface area contributed by atoms with E-state index in [-0.39, 0.29) is 6.03 Å². The van der Waals surface area contributed by atoms with Crippen LogP contribution in [0, 0.1) is 0 Å². The van der Waals surface area contributed by atoms with Gasteiger partial charge in [0.15, 0.2) is 11.5 Å². The molecule has 0 saturated heterocycles. The van der Waals surface area contributed by atoms with E-state index in [0.717, 1.165) is 27.7 Å². The van der Waals surface area contributed by atoms with Gasteiger partial charge in [0.2, 0.25) is 0 Å². The lowest BCUT2D eigenvalue weighted by atomic mass is 9.92. The van der Waals surface area contributed by atoms with E-state index < -0.39 is 6.04 Å². The van der Waals surface area contributed by atoms with Crippen molar-refractivity contribution in [3.05, 3.63) is 89.7 Å². The molecule has 7 heteroatoms. The first-order valence-electron chi connectivity index (χ1n) is 10.2. The van der Waals surface area contributed by atoms with Gasteiger partial charge in [0.25, 0.3) is 0 Å². The number of imidazole rings is 1. The van der Waals surface area contributed by atoms with Gasteiger partial charge in [0.1, 0.15) is 5.82 Å². The van der Waals surface area contributed by atoms with Crippen molar-refractivity contribution in [2.75, 3.05) is 14.2 Å². The summed E-state index contributed by atoms with van der Waals surface area (Å²) < 4.78 is 10.9. The van der Waals surface area contributed by atoms with E-state index in [1.165, 1.54) is 0 Å². The number of urea groups is 1. The average Bonchev–Trinajstić information content (AvgIpc) is 3.27. The molecule has 0 radical (unpaired) electrons. The summed E-state index contributed by atoms with van der Waals surface area (Å²) in [4.78, 5) is 21.0. The van der Waals surface area contributed by atoms with Crippen LogP contribution in [0.25, 0.3) is 22.3 Å². The molecule has 1 aliphatic rings. The number of rotatable bonds is 5. The van der Waals surface area contributed by atoms with E-state index in [2.05, 4.69) is 15.6 Å². The second-order valence-electron chi connectivity index (χ2n) is 7.40. The molecule has 5 rings (SSSR count). The predicted octanol–water partition coefficient (Wildman–Crippen LogP) is 4.50. The first kappa shape index (κ1) is 19.7. The molecule has 0 saturated carbocycles. The number of aromatic amines is 1. The van der Waals surface area contributed by atoms with Crippen LogP contribution >= 0.6 is 0 Å². The molecule has 0 unspecified atom stereocenters. The number of nitrogens with zero attached hydrogens (tertiary/aromatic N) is 1. The number of hydrogen-bond acceptors (Lipinski definition) is 4. The van der Waals surface area contributed by atoms with Crippen molar-refractivity contribution in [2.45, 2.75) is 6.04 Å². The number of methoxy groups -OCH3 is 2. The van der Waals surface area contributed by atoms with Gasteiger partial charge in [-0.1, -0.05) is 48.5 Å². The van der Waals surface area contributed by atoms with Gasteiger partial charge < -0.3 is 25.1 Å². The number of carbonyl (C=O) groups excluding carboxylic acids is 1. The van der Waals surface area contributed by atoms with E-state index in [1.54, 1.807) is 14.2 Å². The normalized spacial score (nSPS) is 15.9. The number of H-pyrrole nitrogens is 1. The number of fused-ring (bicyclic) bond motifs is 1. The third-order valence-electron chi connectivity index (χ3n) is 5.52. The topological polar surface area (TPSA) is 88.3 Å². The van der Waals surface area contributed by atoms with Crippen molar-refractivity contribution in [1.29, 1.82) is 0 Å². The van der Waals surface area contributed by atoms with Crippen LogP contribution in [-0.2, 0) is 0 Å². The zero-order valence-corrected chi connectivity index (χ0v) is 17.7. The third-order valence-corrected chi connectivity index (χ3v) is 5.52. The van der Waals surface area contributed by atoms with E-state index in [0.29, 0.717) is 23.0 Å². The fourth-order valence-corrected chi connectivity index (χ4v) is 4.01. The zero-order valence-electron chi connectivity index (χ0n) is 17.7. The summed E-state index contributed by atoms with van der Waals surface area (Å²) in [6.07, 6.45) is 0. The van der Waals surface area contributed by atoms with E-state index >= 15 is 0 Å². The fourth-order valence-electron chi connectivity index (χ4n) is 4.01. The standard InChI is InChI=1S/C25H22N4O3/c1-31-19-13-12-16(14-20(19)32-2)23-21(24-26-17-10-6-7-11-18(17)27-24)22(28-25(30)29-23)15-8-4-3-5-9-15/h3-14,23H,1-2H3,(H,26,27)(H2,28,29,30)/t23-/m1/s1. The maximum atomic E-state index is 12.7. The molecule has 2 heterocycles. The lowest BCUT2D eigenvalue weighted by molar-refractivity contribution is 0.242. The molecule has 3 aromatic carbocycles. The van der Waals surface area contributed by atoms with Crippen LogP contribution in [0.5, 0.6) is 11.5 Å². The molecule has 0 fully saturated rings. The Morgan fingerprint density at radius 1 is 0.875 bits per heavy atom. The van der Waals surface area contributed by atoms with Gasteiger partial charge in [-0.25, -0.2) is 9.78 Å². The number of carbonyl (C=O) groups is 1. The van der Waals surface area contributed by atoms with Gasteiger partial charge in [-0.3, -0.25) is 0 Å². The fraction of sp³-hybridized carbons (Fsp3) is 0.120. The van der Waals surface area contributed by atoms with Crippen LogP contribution in [-0.4, -0.2) is 30.2 Å². The summed E-state index contributed by atoms with van der Waals surface area (Å²) in [7, 11) is 3.19. The molecule has 1 aromatic heterocycles. The molecule has 32 heavy (non-hydrogen) atoms. The molecule has 1 atom stereocenters. The van der Waals surface area contributed by atoms with E-state index in [1.807, 2.05) is 72.8 Å². The summed E-state index contributed by atoms with van der Waals surface area (Å²) in [6, 6.07) is 22.5. The van der Waals surface area contributed by atoms with Gasteiger partial charge >= 0.3 is 6.03 Å². The predicted molar refractivity (Wildman–Crippen MR) is 123 cm³/mol. The van der Waals surface area contributed by atoms with Crippen LogP contribution in [0.1, 0.15) is 23.0 Å². The van der Waals surface area contributed by atoms with Gasteiger partial charge in [-0.2, -0.15) is 0 Å². The minimum absolute atomic E-state index is 0.288. The van der Waals surface area contributed by atoms with E-state index in [4.69, 9.17) is 14.5 Å². The summed E-state index contributed by atoms with van der Waals surface area (Å²) in [5.41, 5.74) is 5.05. The summed E-state index contributed by atoms with van der Waals surface area (Å²) in [6.45, 7) is 0. The maximum absolute atomic E-state index is 12.7. The van der Waals surface area contributed by atoms with Crippen molar-refractivity contribution in [1.82, 2.24) is 20.6 Å². The van der Waals surface area contributed by atoms with Crippen molar-refractivity contribution in [3.8, 4) is 11.5 Å². The van der Waals surface area contributed by atoms with Crippen molar-refractivity contribution in [2.24, 2.45) is 0 Å². The quantitative estimate of drug-likeness (QED) is 0.438. The van der Waals surface area contributed by atoms with Crippen molar-refractivity contribution < 1.29 is 14.3 Å². The Morgan fingerprint density at radius 3 is 2.38 bits per heavy atom. The Labute approximate surface area is 185 Å². The summed E-state index contributed by atoms with van der Waals surface area (Å²) in [5.74, 6) is 1.88. The summed E-state index contributed by atoms with van der Waals surface area (Å²) in [5, 5.41) is 6.04. The zero-order chi connectivity index (χ0) is 22.1. The number of benzene rings is 3. The van der Waals surface area contributed by atoms with Gasteiger partial charge in [0.05, 0.1) is 37.0 Å². The highest BCUT2D eigenvalue weighted by Gasteiger charge is 2.32. The number of hydrogen-bond donors (Lipinski definition) is 3. The first-order valence-corrected chi connectivity index (χ1v) is 10.2. The van der Waals surface area contributed by atoms with Gasteiger partial charge in [0, 0.05) is 5.57 Å². The number of ether oxygens (including phenoxy) is 2. The molecule has 0 spiro atoms. The Bertz CT molecular complexity index is 1290. The number of nitrogens with one attached hydrogen (secondary N) is 3. The minimum atomic E-state index is -0.459. The van der Waals surface area contributed by atoms with Crippen LogP contribution in [0.2, 0.25) is 0 Å². The molecular weight excluding hydrogens is 404 g/mol. The average molecular weight is 426 g/mol. The highest BCUT2D eigenvalue weighted by atomic mass is 16.5. The lowest BCUT2D eigenvalue weighted by Gasteiger charge is -2.30. The van der Waals surface area contributed by atoms with Crippen molar-refractivity contribution in [3.63, 3.8) is 0 Å². The molecular formula is C25H22N4O3. The molecule has 2 amide bonds. The smallest absolute Gasteiger partial charge is 0.320 e. The highest BCUT2D eigenvalue weighted by molar-refractivity contribution is 6.02. The maximum Gasteiger partial charge on any atom is 0.320 e. The monoisotopic (exact) mass is 426 g/mol. The Morgan fingerprint density at radius 2 is 1.62 bits per heavy atom. The number of amides is 2. The third kappa shape index (κ3) is 3.43. The second kappa shape index (κ2) is 8.11. The SMILES string of the molecule is COc1ccc([C@H]2NC(=O)NC(c3ccccc3)=C2c2nc3ccccc3[nH]2)cc1OC. The summed E-state index contributed by atoms with van der Waals surface area (Å²) >= 11 is 0.